The molecule has 2 aromatic carbocycles. The summed E-state index contributed by atoms with van der Waals surface area (Å²) in [6.45, 7) is 0. The molecule has 1 saturated carbocycles. The average molecular weight is 373 g/mol. The van der Waals surface area contributed by atoms with E-state index in [1.807, 2.05) is 6.07 Å². The summed E-state index contributed by atoms with van der Waals surface area (Å²) in [6.07, 6.45) is 3.15. The maximum atomic E-state index is 12.9. The number of anilines is 2. The first-order chi connectivity index (χ1) is 12.3. The highest BCUT2D eigenvalue weighted by Gasteiger charge is 2.37. The number of carbonyl (C=O) groups excluding carboxylic acids is 1. The van der Waals surface area contributed by atoms with Crippen LogP contribution in [0.2, 0.25) is 0 Å². The molecule has 7 heteroatoms. The van der Waals surface area contributed by atoms with Gasteiger partial charge >= 0.3 is 0 Å². The molecular weight excluding hydrogens is 350 g/mol. The summed E-state index contributed by atoms with van der Waals surface area (Å²) < 4.78 is 27.0. The van der Waals surface area contributed by atoms with E-state index in [1.54, 1.807) is 36.4 Å². The van der Waals surface area contributed by atoms with Gasteiger partial charge in [-0.05, 0) is 43.2 Å². The molecule has 0 spiro atoms. The molecule has 1 aliphatic rings. The molecule has 1 aliphatic carbocycles. The van der Waals surface area contributed by atoms with E-state index in [1.165, 1.54) is 23.5 Å². The molecular formula is C19H23N3O3S. The quantitative estimate of drug-likeness (QED) is 0.843. The number of benzene rings is 2. The van der Waals surface area contributed by atoms with Crippen LogP contribution in [0.25, 0.3) is 0 Å². The van der Waals surface area contributed by atoms with Gasteiger partial charge in [-0.2, -0.15) is 0 Å². The average Bonchev–Trinajstić information content (AvgIpc) is 3.10. The monoisotopic (exact) mass is 373 g/mol. The molecule has 2 aromatic rings. The smallest absolute Gasteiger partial charge is 0.264 e. The number of nitrogens with two attached hydrogens (primary N) is 1. The van der Waals surface area contributed by atoms with Gasteiger partial charge in [-0.25, -0.2) is 8.42 Å². The van der Waals surface area contributed by atoms with E-state index in [2.05, 4.69) is 5.32 Å². The summed E-state index contributed by atoms with van der Waals surface area (Å²) in [7, 11) is -2.23. The van der Waals surface area contributed by atoms with Crippen LogP contribution in [0.4, 0.5) is 11.4 Å². The summed E-state index contributed by atoms with van der Waals surface area (Å²) in [5.41, 5.74) is 6.28. The highest BCUT2D eigenvalue weighted by atomic mass is 32.2. The highest BCUT2D eigenvalue weighted by molar-refractivity contribution is 7.92. The van der Waals surface area contributed by atoms with E-state index in [0.29, 0.717) is 24.2 Å². The Labute approximate surface area is 154 Å². The van der Waals surface area contributed by atoms with Crippen LogP contribution >= 0.6 is 0 Å². The van der Waals surface area contributed by atoms with Crippen molar-refractivity contribution >= 4 is 27.3 Å². The zero-order valence-electron chi connectivity index (χ0n) is 14.7. The van der Waals surface area contributed by atoms with Gasteiger partial charge in [0, 0.05) is 12.7 Å². The fourth-order valence-electron chi connectivity index (χ4n) is 3.16. The summed E-state index contributed by atoms with van der Waals surface area (Å²) >= 11 is 0. The lowest BCUT2D eigenvalue weighted by Gasteiger charge is -2.23. The molecule has 0 radical (unpaired) electrons. The number of carbonyl (C=O) groups is 1. The molecule has 3 N–H and O–H groups in total. The Morgan fingerprint density at radius 2 is 1.73 bits per heavy atom. The standard InChI is InChI=1S/C19H23N3O3S/c1-22(16-9-3-2-4-10-16)26(24,25)17-11-7-8-15(14-17)21-18(23)19(20)12-5-6-13-19/h2-4,7-11,14H,5-6,12-13,20H2,1H3,(H,21,23). The van der Waals surface area contributed by atoms with Crippen molar-refractivity contribution in [3.63, 3.8) is 0 Å². The van der Waals surface area contributed by atoms with Crippen molar-refractivity contribution < 1.29 is 13.2 Å². The molecule has 3 rings (SSSR count). The maximum absolute atomic E-state index is 12.9. The Bertz CT molecular complexity index is 891. The Balaban J connectivity index is 1.83. The molecule has 1 fully saturated rings. The fraction of sp³-hybridized carbons (Fsp3) is 0.316. The van der Waals surface area contributed by atoms with E-state index >= 15 is 0 Å². The van der Waals surface area contributed by atoms with Gasteiger partial charge in [-0.3, -0.25) is 9.10 Å². The van der Waals surface area contributed by atoms with Gasteiger partial charge in [0.25, 0.3) is 10.0 Å². The second-order valence-corrected chi connectivity index (χ2v) is 8.62. The van der Waals surface area contributed by atoms with Gasteiger partial charge < -0.3 is 11.1 Å². The fourth-order valence-corrected chi connectivity index (χ4v) is 4.40. The van der Waals surface area contributed by atoms with Crippen molar-refractivity contribution in [3.05, 3.63) is 54.6 Å². The van der Waals surface area contributed by atoms with Gasteiger partial charge in [0.15, 0.2) is 0 Å². The molecule has 0 bridgehead atoms. The molecule has 6 nitrogen and oxygen atoms in total. The minimum absolute atomic E-state index is 0.110. The van der Waals surface area contributed by atoms with E-state index < -0.39 is 15.6 Å². The van der Waals surface area contributed by atoms with Gasteiger partial charge in [-0.1, -0.05) is 37.1 Å². The van der Waals surface area contributed by atoms with Gasteiger partial charge in [0.1, 0.15) is 0 Å². The molecule has 26 heavy (non-hydrogen) atoms. The number of rotatable bonds is 5. The molecule has 138 valence electrons. The van der Waals surface area contributed by atoms with Crippen LogP contribution in [0.3, 0.4) is 0 Å². The van der Waals surface area contributed by atoms with E-state index in [4.69, 9.17) is 5.73 Å². The van der Waals surface area contributed by atoms with Crippen LogP contribution in [-0.4, -0.2) is 26.9 Å². The van der Waals surface area contributed by atoms with Crippen LogP contribution < -0.4 is 15.4 Å². The van der Waals surface area contributed by atoms with Crippen LogP contribution in [0.1, 0.15) is 25.7 Å². The molecule has 0 aliphatic heterocycles. The summed E-state index contributed by atoms with van der Waals surface area (Å²) in [5, 5.41) is 2.77. The third-order valence-electron chi connectivity index (χ3n) is 4.82. The first-order valence-corrected chi connectivity index (χ1v) is 10.0. The van der Waals surface area contributed by atoms with Gasteiger partial charge in [0.05, 0.1) is 16.1 Å². The molecule has 1 amide bonds. The van der Waals surface area contributed by atoms with Crippen molar-refractivity contribution in [2.45, 2.75) is 36.1 Å². The third kappa shape index (κ3) is 3.59. The Morgan fingerprint density at radius 1 is 1.08 bits per heavy atom. The van der Waals surface area contributed by atoms with Crippen LogP contribution in [0.15, 0.2) is 59.5 Å². The first-order valence-electron chi connectivity index (χ1n) is 8.57. The predicted octanol–water partition coefficient (Wildman–Crippen LogP) is 2.72. The first kappa shape index (κ1) is 18.4. The maximum Gasteiger partial charge on any atom is 0.264 e. The minimum Gasteiger partial charge on any atom is -0.324 e. The molecule has 0 unspecified atom stereocenters. The SMILES string of the molecule is CN(c1ccccc1)S(=O)(=O)c1cccc(NC(=O)C2(N)CCCC2)c1. The zero-order chi connectivity index (χ0) is 18.8. The summed E-state index contributed by atoms with van der Waals surface area (Å²) in [5.74, 6) is -0.263. The van der Waals surface area contributed by atoms with Crippen LogP contribution in [-0.2, 0) is 14.8 Å². The van der Waals surface area contributed by atoms with E-state index in [0.717, 1.165) is 12.8 Å². The van der Waals surface area contributed by atoms with Crippen molar-refractivity contribution in [3.8, 4) is 0 Å². The molecule has 0 saturated heterocycles. The third-order valence-corrected chi connectivity index (χ3v) is 6.60. The van der Waals surface area contributed by atoms with Crippen LogP contribution in [0.5, 0.6) is 0 Å². The number of nitrogens with one attached hydrogen (secondary N) is 1. The van der Waals surface area contributed by atoms with Crippen molar-refractivity contribution in [1.29, 1.82) is 0 Å². The predicted molar refractivity (Wildman–Crippen MR) is 102 cm³/mol. The van der Waals surface area contributed by atoms with Crippen molar-refractivity contribution in [1.82, 2.24) is 0 Å². The largest absolute Gasteiger partial charge is 0.324 e. The number of para-hydroxylation sites is 1. The number of sulfonamides is 1. The lowest BCUT2D eigenvalue weighted by molar-refractivity contribution is -0.121. The van der Waals surface area contributed by atoms with Crippen molar-refractivity contribution in [2.75, 3.05) is 16.7 Å². The second-order valence-electron chi connectivity index (χ2n) is 6.65. The summed E-state index contributed by atoms with van der Waals surface area (Å²) in [6, 6.07) is 15.1. The summed E-state index contributed by atoms with van der Waals surface area (Å²) in [4.78, 5) is 12.6. The highest BCUT2D eigenvalue weighted by Crippen LogP contribution is 2.29. The normalized spacial score (nSPS) is 16.2. The molecule has 0 heterocycles. The lowest BCUT2D eigenvalue weighted by atomic mass is 9.98. The number of hydrogen-bond donors (Lipinski definition) is 2. The van der Waals surface area contributed by atoms with Gasteiger partial charge in [-0.15, -0.1) is 0 Å². The van der Waals surface area contributed by atoms with Gasteiger partial charge in [0.2, 0.25) is 5.91 Å². The Hall–Kier alpha value is -2.38. The molecule has 0 aromatic heterocycles. The Morgan fingerprint density at radius 3 is 2.38 bits per heavy atom. The second kappa shape index (κ2) is 7.09. The zero-order valence-corrected chi connectivity index (χ0v) is 15.5. The molecule has 0 atom stereocenters. The minimum atomic E-state index is -3.73. The van der Waals surface area contributed by atoms with E-state index in [-0.39, 0.29) is 10.8 Å². The number of hydrogen-bond acceptors (Lipinski definition) is 4. The van der Waals surface area contributed by atoms with Crippen LogP contribution in [0, 0.1) is 0 Å². The lowest BCUT2D eigenvalue weighted by Crippen LogP contribution is -2.48. The number of amides is 1. The number of nitrogens with zero attached hydrogens (tertiary/aromatic N) is 1. The Kier molecular flexibility index (Phi) is 5.02. The topological polar surface area (TPSA) is 92.5 Å². The van der Waals surface area contributed by atoms with E-state index in [9.17, 15) is 13.2 Å². The van der Waals surface area contributed by atoms with Crippen molar-refractivity contribution in [2.24, 2.45) is 5.73 Å².